The van der Waals surface area contributed by atoms with Gasteiger partial charge >= 0.3 is 16.2 Å². The van der Waals surface area contributed by atoms with Crippen LogP contribution in [0, 0.1) is 0 Å². The van der Waals surface area contributed by atoms with E-state index in [0.29, 0.717) is 12.8 Å². The topological polar surface area (TPSA) is 125 Å². The van der Waals surface area contributed by atoms with E-state index in [1.54, 1.807) is 0 Å². The maximum atomic E-state index is 12.1. The van der Waals surface area contributed by atoms with E-state index in [9.17, 15) is 21.6 Å². The first-order chi connectivity index (χ1) is 16.5. The summed E-state index contributed by atoms with van der Waals surface area (Å²) in [6.45, 7) is 3.91. The van der Waals surface area contributed by atoms with Crippen LogP contribution < -0.4 is 5.32 Å². The Morgan fingerprint density at radius 2 is 1.14 bits per heavy atom. The number of hydrogen-bond donors (Lipinski definition) is 1. The number of methoxy groups -OCH3 is 1. The molecular formula is C24H49NO8S2. The molecule has 0 fully saturated rings. The summed E-state index contributed by atoms with van der Waals surface area (Å²) in [5.41, 5.74) is -1.91. The first kappa shape index (κ1) is 34.1. The zero-order chi connectivity index (χ0) is 26.6. The lowest BCUT2D eigenvalue weighted by Gasteiger charge is -2.22. The number of alkyl carbamates (subject to hydrolysis) is 1. The molecule has 9 nitrogen and oxygen atoms in total. The Morgan fingerprint density at radius 3 is 1.51 bits per heavy atom. The third-order valence-electron chi connectivity index (χ3n) is 5.78. The molecule has 0 radical (unpaired) electrons. The van der Waals surface area contributed by atoms with Crippen molar-refractivity contribution in [3.8, 4) is 0 Å². The molecule has 2 atom stereocenters. The number of hydrogen-bond acceptors (Lipinski definition) is 8. The van der Waals surface area contributed by atoms with Gasteiger partial charge in [-0.15, -0.1) is 3.63 Å². The Morgan fingerprint density at radius 1 is 0.743 bits per heavy atom. The Kier molecular flexibility index (Phi) is 19.7. The molecule has 2 unspecified atom stereocenters. The minimum Gasteiger partial charge on any atom is -0.424 e. The van der Waals surface area contributed by atoms with Gasteiger partial charge in [0, 0.05) is 13.7 Å². The first-order valence-electron chi connectivity index (χ1n) is 13.2. The average Bonchev–Trinajstić information content (AvgIpc) is 2.77. The predicted molar refractivity (Wildman–Crippen MR) is 139 cm³/mol. The van der Waals surface area contributed by atoms with Crippen LogP contribution in [0.15, 0.2) is 0 Å². The van der Waals surface area contributed by atoms with Crippen LogP contribution in [0.1, 0.15) is 117 Å². The van der Waals surface area contributed by atoms with Gasteiger partial charge in [-0.1, -0.05) is 103 Å². The minimum atomic E-state index is -4.74. The van der Waals surface area contributed by atoms with E-state index in [0.717, 1.165) is 25.7 Å². The number of unbranched alkanes of at least 4 members (excludes halogenated alkanes) is 15. The van der Waals surface area contributed by atoms with Gasteiger partial charge in [0.1, 0.15) is 6.10 Å². The molecule has 0 rings (SSSR count). The molecule has 0 saturated heterocycles. The standard InChI is InChI=1S/C24H49NO8S2/c1-5-6-7-8-9-10-11-12-13-14-15-16-17-18-19-20-21-25-24(26)32-23(22(2)31-3)35(29,30)33-34(4,27)28/h22-23H,5-21H2,1-4H3,(H,25,26). The molecule has 1 amide bonds. The quantitative estimate of drug-likeness (QED) is 0.164. The fraction of sp³-hybridized carbons (Fsp3) is 0.958. The summed E-state index contributed by atoms with van der Waals surface area (Å²) in [7, 11) is -7.84. The second-order valence-corrected chi connectivity index (χ2v) is 12.6. The normalized spacial score (nSPS) is 13.9. The molecule has 35 heavy (non-hydrogen) atoms. The summed E-state index contributed by atoms with van der Waals surface area (Å²) in [5.74, 6) is 0. The summed E-state index contributed by atoms with van der Waals surface area (Å²) in [6.07, 6.45) is 18.5. The van der Waals surface area contributed by atoms with Crippen molar-refractivity contribution in [3.63, 3.8) is 0 Å². The van der Waals surface area contributed by atoms with Crippen LogP contribution >= 0.6 is 0 Å². The molecule has 0 aliphatic rings. The maximum Gasteiger partial charge on any atom is 0.408 e. The van der Waals surface area contributed by atoms with Crippen molar-refractivity contribution in [2.24, 2.45) is 0 Å². The van der Waals surface area contributed by atoms with Crippen LogP contribution in [0.5, 0.6) is 0 Å². The maximum absolute atomic E-state index is 12.1. The van der Waals surface area contributed by atoms with Crippen molar-refractivity contribution in [2.75, 3.05) is 19.9 Å². The lowest BCUT2D eigenvalue weighted by atomic mass is 10.0. The summed E-state index contributed by atoms with van der Waals surface area (Å²) in [4.78, 5) is 12.0. The van der Waals surface area contributed by atoms with Crippen molar-refractivity contribution >= 4 is 26.3 Å². The number of amides is 1. The highest BCUT2D eigenvalue weighted by molar-refractivity contribution is 7.99. The fourth-order valence-corrected chi connectivity index (χ4v) is 6.20. The Bertz CT molecular complexity index is 741. The van der Waals surface area contributed by atoms with E-state index in [4.69, 9.17) is 9.47 Å². The van der Waals surface area contributed by atoms with Crippen molar-refractivity contribution in [2.45, 2.75) is 128 Å². The molecule has 210 valence electrons. The molecule has 0 aromatic carbocycles. The third-order valence-corrected chi connectivity index (χ3v) is 8.58. The molecule has 0 heterocycles. The Labute approximate surface area is 214 Å². The van der Waals surface area contributed by atoms with Gasteiger partial charge in [-0.05, 0) is 13.3 Å². The van der Waals surface area contributed by atoms with Crippen molar-refractivity contribution in [1.29, 1.82) is 0 Å². The molecule has 0 aliphatic heterocycles. The molecular weight excluding hydrogens is 494 g/mol. The van der Waals surface area contributed by atoms with Crippen molar-refractivity contribution in [3.05, 3.63) is 0 Å². The number of carbonyl (C=O) groups is 1. The van der Waals surface area contributed by atoms with Gasteiger partial charge in [-0.2, -0.15) is 16.8 Å². The minimum absolute atomic E-state index is 0.332. The van der Waals surface area contributed by atoms with E-state index in [2.05, 4.69) is 15.9 Å². The second-order valence-electron chi connectivity index (χ2n) is 9.21. The van der Waals surface area contributed by atoms with Crippen molar-refractivity contribution in [1.82, 2.24) is 5.32 Å². The van der Waals surface area contributed by atoms with Gasteiger partial charge in [0.2, 0.25) is 0 Å². The Balaban J connectivity index is 3.83. The van der Waals surface area contributed by atoms with Crippen LogP contribution in [-0.2, 0) is 33.3 Å². The summed E-state index contributed by atoms with van der Waals surface area (Å²) in [5, 5.41) is 2.49. The third kappa shape index (κ3) is 19.9. The van der Waals surface area contributed by atoms with E-state index < -0.39 is 37.9 Å². The highest BCUT2D eigenvalue weighted by atomic mass is 32.3. The van der Waals surface area contributed by atoms with Crippen LogP contribution in [0.25, 0.3) is 0 Å². The molecule has 11 heteroatoms. The van der Waals surface area contributed by atoms with E-state index in [-0.39, 0.29) is 0 Å². The first-order valence-corrected chi connectivity index (χ1v) is 16.4. The van der Waals surface area contributed by atoms with Crippen LogP contribution in [0.2, 0.25) is 0 Å². The lowest BCUT2D eigenvalue weighted by molar-refractivity contribution is 0.0219. The van der Waals surface area contributed by atoms with Crippen molar-refractivity contribution < 1.29 is 34.7 Å². The predicted octanol–water partition coefficient (Wildman–Crippen LogP) is 5.64. The molecule has 0 spiro atoms. The molecule has 0 saturated carbocycles. The van der Waals surface area contributed by atoms with E-state index >= 15 is 0 Å². The zero-order valence-corrected chi connectivity index (χ0v) is 23.9. The number of carbonyl (C=O) groups excluding carboxylic acids is 1. The van der Waals surface area contributed by atoms with Gasteiger partial charge in [0.05, 0.1) is 6.26 Å². The molecule has 0 aromatic heterocycles. The van der Waals surface area contributed by atoms with Gasteiger partial charge in [0.25, 0.3) is 15.6 Å². The molecule has 0 aliphatic carbocycles. The Hall–Kier alpha value is -0.910. The van der Waals surface area contributed by atoms with E-state index in [1.807, 2.05) is 0 Å². The SMILES string of the molecule is CCCCCCCCCCCCCCCCCCNC(=O)OC(C(C)OC)S(=O)(=O)OS(C)(=O)=O. The molecule has 0 aromatic rings. The smallest absolute Gasteiger partial charge is 0.408 e. The summed E-state index contributed by atoms with van der Waals surface area (Å²) >= 11 is 0. The van der Waals surface area contributed by atoms with Gasteiger partial charge in [-0.25, -0.2) is 4.79 Å². The van der Waals surface area contributed by atoms with Gasteiger partial charge < -0.3 is 14.8 Å². The number of rotatable bonds is 23. The van der Waals surface area contributed by atoms with E-state index in [1.165, 1.54) is 91.1 Å². The molecule has 0 bridgehead atoms. The fourth-order valence-electron chi connectivity index (χ4n) is 3.72. The number of ether oxygens (including phenoxy) is 2. The van der Waals surface area contributed by atoms with Crippen LogP contribution in [-0.4, -0.2) is 54.4 Å². The van der Waals surface area contributed by atoms with Crippen LogP contribution in [0.4, 0.5) is 4.79 Å². The van der Waals surface area contributed by atoms with Gasteiger partial charge in [-0.3, -0.25) is 0 Å². The summed E-state index contributed by atoms with van der Waals surface area (Å²) in [6, 6.07) is 0. The highest BCUT2D eigenvalue weighted by Crippen LogP contribution is 2.16. The summed E-state index contributed by atoms with van der Waals surface area (Å²) < 4.78 is 60.5. The van der Waals surface area contributed by atoms with Crippen LogP contribution in [0.3, 0.4) is 0 Å². The lowest BCUT2D eigenvalue weighted by Crippen LogP contribution is -2.42. The second kappa shape index (κ2) is 20.2. The largest absolute Gasteiger partial charge is 0.424 e. The molecule has 1 N–H and O–H groups in total. The monoisotopic (exact) mass is 543 g/mol. The average molecular weight is 544 g/mol. The number of nitrogens with one attached hydrogen (secondary N) is 1. The zero-order valence-electron chi connectivity index (χ0n) is 22.3. The highest BCUT2D eigenvalue weighted by Gasteiger charge is 2.38. The van der Waals surface area contributed by atoms with Gasteiger partial charge in [0.15, 0.2) is 0 Å².